The quantitative estimate of drug-likeness (QED) is 0.580. The number of ether oxygens (including phenoxy) is 2. The number of nitrogens with one attached hydrogen (secondary N) is 1. The molecule has 4 rings (SSSR count). The van der Waals surface area contributed by atoms with Crippen molar-refractivity contribution in [3.63, 3.8) is 0 Å². The topological polar surface area (TPSA) is 50.8 Å². The Morgan fingerprint density at radius 3 is 2.65 bits per heavy atom. The molecule has 0 saturated heterocycles. The molecule has 2 aromatic rings. The Kier molecular flexibility index (Phi) is 6.26. The minimum Gasteiger partial charge on any atom is -0.496 e. The summed E-state index contributed by atoms with van der Waals surface area (Å²) in [5.41, 5.74) is 5.52. The van der Waals surface area contributed by atoms with E-state index in [4.69, 9.17) is 9.47 Å². The summed E-state index contributed by atoms with van der Waals surface area (Å²) in [6, 6.07) is 8.51. The first-order valence-electron chi connectivity index (χ1n) is 11.4. The molecule has 1 aliphatic carbocycles. The van der Waals surface area contributed by atoms with E-state index in [-0.39, 0.29) is 18.3 Å². The maximum Gasteiger partial charge on any atom is 0.251 e. The number of anilines is 2. The van der Waals surface area contributed by atoms with Crippen LogP contribution >= 0.6 is 0 Å². The zero-order valence-electron chi connectivity index (χ0n) is 20.6. The van der Waals surface area contributed by atoms with Gasteiger partial charge in [-0.25, -0.2) is 4.39 Å². The number of hydrogen-bond acceptors (Lipinski definition) is 4. The van der Waals surface area contributed by atoms with Crippen molar-refractivity contribution in [2.24, 2.45) is 0 Å². The molecule has 0 aromatic heterocycles. The lowest BCUT2D eigenvalue weighted by Gasteiger charge is -2.39. The monoisotopic (exact) mass is 462 g/mol. The highest BCUT2D eigenvalue weighted by atomic mass is 19.1. The highest BCUT2D eigenvalue weighted by Gasteiger charge is 2.39. The fourth-order valence-electron chi connectivity index (χ4n) is 4.46. The average molecular weight is 463 g/mol. The maximum atomic E-state index is 13.9. The molecule has 0 saturated carbocycles. The predicted molar refractivity (Wildman–Crippen MR) is 134 cm³/mol. The predicted octanol–water partition coefficient (Wildman–Crippen LogP) is 6.14. The van der Waals surface area contributed by atoms with Crippen LogP contribution in [-0.4, -0.2) is 25.6 Å². The van der Waals surface area contributed by atoms with E-state index >= 15 is 0 Å². The van der Waals surface area contributed by atoms with Crippen molar-refractivity contribution in [2.75, 3.05) is 24.4 Å². The van der Waals surface area contributed by atoms with Gasteiger partial charge >= 0.3 is 0 Å². The summed E-state index contributed by atoms with van der Waals surface area (Å²) in [5, 5.41) is 3.37. The molecule has 178 valence electrons. The van der Waals surface area contributed by atoms with Gasteiger partial charge in [0.05, 0.1) is 18.5 Å². The van der Waals surface area contributed by atoms with Crippen LogP contribution in [0.3, 0.4) is 0 Å². The lowest BCUT2D eigenvalue weighted by atomic mass is 9.91. The second-order valence-electron chi connectivity index (χ2n) is 9.37. The number of allylic oxidation sites excluding steroid dienone is 5. The largest absolute Gasteiger partial charge is 0.496 e. The second-order valence-corrected chi connectivity index (χ2v) is 9.37. The van der Waals surface area contributed by atoms with Crippen LogP contribution < -0.4 is 15.0 Å². The Hall–Kier alpha value is -3.54. The fourth-order valence-corrected chi connectivity index (χ4v) is 4.46. The Morgan fingerprint density at radius 1 is 1.15 bits per heavy atom. The third kappa shape index (κ3) is 4.32. The first-order chi connectivity index (χ1) is 16.1. The standard InChI is InChI=1S/C28H31FN2O3/c1-17-7-11-21(24(33-6)14-8-17)20-12-13-23-26(31(5)27(32)28(3,4)30-23)22(20)16-34-25-15-19(29)10-9-18(25)2/h7,9-15,30H,8,16H2,1-6H3. The van der Waals surface area contributed by atoms with Gasteiger partial charge in [-0.2, -0.15) is 0 Å². The number of hydrogen-bond donors (Lipinski definition) is 1. The van der Waals surface area contributed by atoms with E-state index in [1.165, 1.54) is 17.7 Å². The van der Waals surface area contributed by atoms with Gasteiger partial charge in [-0.3, -0.25) is 4.79 Å². The van der Waals surface area contributed by atoms with Crippen LogP contribution in [0.2, 0.25) is 0 Å². The van der Waals surface area contributed by atoms with Crippen molar-refractivity contribution in [1.29, 1.82) is 0 Å². The third-order valence-corrected chi connectivity index (χ3v) is 6.35. The minimum absolute atomic E-state index is 0.0478. The number of carbonyl (C=O) groups excluding carboxylic acids is 1. The number of benzene rings is 2. The van der Waals surface area contributed by atoms with Crippen LogP contribution in [-0.2, 0) is 16.1 Å². The molecular formula is C28H31FN2O3. The summed E-state index contributed by atoms with van der Waals surface area (Å²) >= 11 is 0. The van der Waals surface area contributed by atoms with E-state index in [0.717, 1.165) is 45.8 Å². The van der Waals surface area contributed by atoms with Crippen molar-refractivity contribution >= 4 is 22.9 Å². The zero-order chi connectivity index (χ0) is 24.6. The molecule has 2 aromatic carbocycles. The Morgan fingerprint density at radius 2 is 1.91 bits per heavy atom. The van der Waals surface area contributed by atoms with Crippen LogP contribution in [0.15, 0.2) is 59.9 Å². The summed E-state index contributed by atoms with van der Waals surface area (Å²) in [4.78, 5) is 14.8. The molecular weight excluding hydrogens is 431 g/mol. The molecule has 0 spiro atoms. The summed E-state index contributed by atoms with van der Waals surface area (Å²) in [7, 11) is 3.44. The highest BCUT2D eigenvalue weighted by molar-refractivity contribution is 6.08. The maximum absolute atomic E-state index is 13.9. The van der Waals surface area contributed by atoms with E-state index in [1.54, 1.807) is 25.1 Å². The number of halogens is 1. The van der Waals surface area contributed by atoms with Crippen LogP contribution in [0.1, 0.15) is 43.9 Å². The van der Waals surface area contributed by atoms with Gasteiger partial charge in [0.2, 0.25) is 0 Å². The van der Waals surface area contributed by atoms with Crippen molar-refractivity contribution in [3.8, 4) is 5.75 Å². The summed E-state index contributed by atoms with van der Waals surface area (Å²) in [6.07, 6.45) is 6.96. The minimum atomic E-state index is -0.737. The fraction of sp³-hybridized carbons (Fsp3) is 0.321. The molecule has 1 heterocycles. The first-order valence-corrected chi connectivity index (χ1v) is 11.4. The molecule has 1 N–H and O–H groups in total. The molecule has 0 bridgehead atoms. The van der Waals surface area contributed by atoms with Gasteiger partial charge in [0, 0.05) is 24.3 Å². The molecule has 34 heavy (non-hydrogen) atoms. The van der Waals surface area contributed by atoms with E-state index in [9.17, 15) is 9.18 Å². The number of nitrogens with zero attached hydrogens (tertiary/aromatic N) is 1. The SMILES string of the molecule is COC1=CCC(C)=CC=C1c1ccc2c(c1COc1cc(F)ccc1C)N(C)C(=O)C(C)(C)N2. The molecule has 0 atom stereocenters. The summed E-state index contributed by atoms with van der Waals surface area (Å²) in [5.74, 6) is 0.820. The Labute approximate surface area is 200 Å². The lowest BCUT2D eigenvalue weighted by molar-refractivity contribution is -0.121. The molecule has 2 aliphatic rings. The number of aryl methyl sites for hydroxylation is 1. The number of rotatable bonds is 5. The van der Waals surface area contributed by atoms with Crippen LogP contribution in [0, 0.1) is 12.7 Å². The Bertz CT molecular complexity index is 1240. The van der Waals surface area contributed by atoms with Gasteiger partial charge in [0.1, 0.15) is 29.5 Å². The number of fused-ring (bicyclic) bond motifs is 1. The highest BCUT2D eigenvalue weighted by Crippen LogP contribution is 2.43. The number of likely N-dealkylation sites (N-methyl/N-ethyl adjacent to an activating group) is 1. The molecule has 0 radical (unpaired) electrons. The van der Waals surface area contributed by atoms with Gasteiger partial charge in [-0.05, 0) is 63.5 Å². The zero-order valence-corrected chi connectivity index (χ0v) is 20.6. The van der Waals surface area contributed by atoms with Crippen LogP contribution in [0.4, 0.5) is 15.8 Å². The van der Waals surface area contributed by atoms with Gasteiger partial charge in [0.25, 0.3) is 5.91 Å². The lowest BCUT2D eigenvalue weighted by Crippen LogP contribution is -2.52. The van der Waals surface area contributed by atoms with Gasteiger partial charge in [-0.15, -0.1) is 0 Å². The summed E-state index contributed by atoms with van der Waals surface area (Å²) < 4.78 is 25.8. The third-order valence-electron chi connectivity index (χ3n) is 6.35. The number of carbonyl (C=O) groups is 1. The van der Waals surface area contributed by atoms with E-state index in [0.29, 0.717) is 5.75 Å². The molecule has 1 aliphatic heterocycles. The molecule has 0 unspecified atom stereocenters. The smallest absolute Gasteiger partial charge is 0.251 e. The summed E-state index contributed by atoms with van der Waals surface area (Å²) in [6.45, 7) is 7.83. The van der Waals surface area contributed by atoms with Crippen LogP contribution in [0.25, 0.3) is 5.57 Å². The molecule has 6 heteroatoms. The van der Waals surface area contributed by atoms with Gasteiger partial charge < -0.3 is 19.7 Å². The molecule has 1 amide bonds. The molecule has 0 fully saturated rings. The van der Waals surface area contributed by atoms with Crippen molar-refractivity contribution in [1.82, 2.24) is 0 Å². The van der Waals surface area contributed by atoms with Crippen molar-refractivity contribution in [3.05, 3.63) is 82.4 Å². The van der Waals surface area contributed by atoms with E-state index < -0.39 is 5.54 Å². The second kappa shape index (κ2) is 9.01. The van der Waals surface area contributed by atoms with E-state index in [2.05, 4.69) is 24.4 Å². The van der Waals surface area contributed by atoms with Crippen LogP contribution in [0.5, 0.6) is 5.75 Å². The van der Waals surface area contributed by atoms with Crippen molar-refractivity contribution < 1.29 is 18.7 Å². The van der Waals surface area contributed by atoms with E-state index in [1.807, 2.05) is 39.0 Å². The van der Waals surface area contributed by atoms with Gasteiger partial charge in [0.15, 0.2) is 0 Å². The molecule has 5 nitrogen and oxygen atoms in total. The average Bonchev–Trinajstić information content (AvgIpc) is 2.98. The first kappa shape index (κ1) is 23.6. The Balaban J connectivity index is 1.89. The number of amides is 1. The number of methoxy groups -OCH3 is 1. The normalized spacial score (nSPS) is 17.1. The van der Waals surface area contributed by atoms with Crippen molar-refractivity contribution in [2.45, 2.75) is 46.3 Å². The van der Waals surface area contributed by atoms with Gasteiger partial charge in [-0.1, -0.05) is 29.9 Å².